The lowest BCUT2D eigenvalue weighted by molar-refractivity contribution is 0.652. The van der Waals surface area contributed by atoms with E-state index in [0.717, 1.165) is 28.7 Å². The first-order chi connectivity index (χ1) is 8.24. The Bertz CT molecular complexity index is 582. The van der Waals surface area contributed by atoms with E-state index >= 15 is 0 Å². The van der Waals surface area contributed by atoms with E-state index in [-0.39, 0.29) is 5.56 Å². The first-order valence-corrected chi connectivity index (χ1v) is 7.55. The van der Waals surface area contributed by atoms with E-state index in [9.17, 15) is 4.79 Å². The number of thioether (sulfide) groups is 1. The standard InChI is InChI=1S/C12H13BrN2OS/c1-17-7-3-6-15-8-14-11-9(12(15)16)4-2-5-10(11)13/h2,4-5,8H,3,6-7H2,1H3. The molecule has 0 atom stereocenters. The van der Waals surface area contributed by atoms with Gasteiger partial charge in [0, 0.05) is 11.0 Å². The van der Waals surface area contributed by atoms with Crippen LogP contribution in [-0.2, 0) is 6.54 Å². The van der Waals surface area contributed by atoms with Crippen molar-refractivity contribution in [2.24, 2.45) is 0 Å². The number of nitrogens with zero attached hydrogens (tertiary/aromatic N) is 2. The minimum absolute atomic E-state index is 0.0393. The summed E-state index contributed by atoms with van der Waals surface area (Å²) in [6, 6.07) is 5.58. The molecular weight excluding hydrogens is 300 g/mol. The molecule has 2 aromatic rings. The molecule has 0 spiro atoms. The van der Waals surface area contributed by atoms with Gasteiger partial charge in [-0.1, -0.05) is 6.07 Å². The minimum atomic E-state index is 0.0393. The molecule has 0 radical (unpaired) electrons. The van der Waals surface area contributed by atoms with Crippen LogP contribution in [0.2, 0.25) is 0 Å². The number of fused-ring (bicyclic) bond motifs is 1. The van der Waals surface area contributed by atoms with Crippen molar-refractivity contribution in [2.75, 3.05) is 12.0 Å². The fourth-order valence-corrected chi connectivity index (χ4v) is 2.58. The smallest absolute Gasteiger partial charge is 0.261 e. The number of para-hydroxylation sites is 1. The fraction of sp³-hybridized carbons (Fsp3) is 0.333. The van der Waals surface area contributed by atoms with Crippen molar-refractivity contribution in [1.29, 1.82) is 0 Å². The number of hydrogen-bond donors (Lipinski definition) is 0. The van der Waals surface area contributed by atoms with Crippen LogP contribution in [-0.4, -0.2) is 21.6 Å². The second-order valence-electron chi connectivity index (χ2n) is 3.73. The number of hydrogen-bond acceptors (Lipinski definition) is 3. The van der Waals surface area contributed by atoms with Gasteiger partial charge in [0.15, 0.2) is 0 Å². The van der Waals surface area contributed by atoms with Crippen LogP contribution in [0.4, 0.5) is 0 Å². The van der Waals surface area contributed by atoms with Crippen LogP contribution in [0.1, 0.15) is 6.42 Å². The van der Waals surface area contributed by atoms with E-state index in [1.54, 1.807) is 22.7 Å². The highest BCUT2D eigenvalue weighted by molar-refractivity contribution is 9.10. The molecule has 0 N–H and O–H groups in total. The average Bonchev–Trinajstić information content (AvgIpc) is 2.33. The van der Waals surface area contributed by atoms with Crippen molar-refractivity contribution in [3.8, 4) is 0 Å². The van der Waals surface area contributed by atoms with Gasteiger partial charge < -0.3 is 0 Å². The third kappa shape index (κ3) is 2.72. The molecule has 17 heavy (non-hydrogen) atoms. The number of aryl methyl sites for hydroxylation is 1. The average molecular weight is 313 g/mol. The van der Waals surface area contributed by atoms with Gasteiger partial charge in [0.2, 0.25) is 0 Å². The summed E-state index contributed by atoms with van der Waals surface area (Å²) in [6.07, 6.45) is 4.69. The molecule has 0 amide bonds. The van der Waals surface area contributed by atoms with Crippen molar-refractivity contribution in [2.45, 2.75) is 13.0 Å². The van der Waals surface area contributed by atoms with Crippen LogP contribution in [0.25, 0.3) is 10.9 Å². The van der Waals surface area contributed by atoms with Crippen molar-refractivity contribution < 1.29 is 0 Å². The topological polar surface area (TPSA) is 34.9 Å². The number of benzene rings is 1. The third-order valence-electron chi connectivity index (χ3n) is 2.55. The second kappa shape index (κ2) is 5.69. The number of aromatic nitrogens is 2. The van der Waals surface area contributed by atoms with E-state index < -0.39 is 0 Å². The van der Waals surface area contributed by atoms with Gasteiger partial charge in [-0.3, -0.25) is 9.36 Å². The molecule has 3 nitrogen and oxygen atoms in total. The normalized spacial score (nSPS) is 10.9. The quantitative estimate of drug-likeness (QED) is 0.814. The summed E-state index contributed by atoms with van der Waals surface area (Å²) >= 11 is 5.19. The summed E-state index contributed by atoms with van der Waals surface area (Å²) in [5.74, 6) is 1.06. The first kappa shape index (κ1) is 12.6. The Morgan fingerprint density at radius 1 is 1.47 bits per heavy atom. The lowest BCUT2D eigenvalue weighted by Crippen LogP contribution is -2.21. The maximum absolute atomic E-state index is 12.2. The number of rotatable bonds is 4. The zero-order valence-electron chi connectivity index (χ0n) is 9.52. The van der Waals surface area contributed by atoms with Gasteiger partial charge in [-0.15, -0.1) is 0 Å². The maximum Gasteiger partial charge on any atom is 0.261 e. The minimum Gasteiger partial charge on any atom is -0.299 e. The van der Waals surface area contributed by atoms with Crippen LogP contribution >= 0.6 is 27.7 Å². The monoisotopic (exact) mass is 312 g/mol. The summed E-state index contributed by atoms with van der Waals surface area (Å²) < 4.78 is 2.55. The molecule has 1 aromatic heterocycles. The Hall–Kier alpha value is -0.810. The molecule has 0 aliphatic rings. The largest absolute Gasteiger partial charge is 0.299 e. The summed E-state index contributed by atoms with van der Waals surface area (Å²) in [5, 5.41) is 0.672. The lowest BCUT2D eigenvalue weighted by Gasteiger charge is -2.06. The summed E-state index contributed by atoms with van der Waals surface area (Å²) in [5.41, 5.74) is 0.774. The summed E-state index contributed by atoms with van der Waals surface area (Å²) in [7, 11) is 0. The van der Waals surface area contributed by atoms with Gasteiger partial charge in [0.25, 0.3) is 5.56 Å². The van der Waals surface area contributed by atoms with Crippen molar-refractivity contribution in [1.82, 2.24) is 9.55 Å². The highest BCUT2D eigenvalue weighted by Crippen LogP contribution is 2.18. The van der Waals surface area contributed by atoms with Crippen LogP contribution in [0, 0.1) is 0 Å². The van der Waals surface area contributed by atoms with E-state index in [0.29, 0.717) is 5.39 Å². The highest BCUT2D eigenvalue weighted by Gasteiger charge is 2.05. The maximum atomic E-state index is 12.2. The van der Waals surface area contributed by atoms with E-state index in [1.807, 2.05) is 18.2 Å². The van der Waals surface area contributed by atoms with Crippen LogP contribution in [0.15, 0.2) is 33.8 Å². The molecule has 2 rings (SSSR count). The Morgan fingerprint density at radius 2 is 2.29 bits per heavy atom. The van der Waals surface area contributed by atoms with E-state index in [4.69, 9.17) is 0 Å². The molecule has 1 aromatic carbocycles. The van der Waals surface area contributed by atoms with Gasteiger partial charge in [0.1, 0.15) is 0 Å². The lowest BCUT2D eigenvalue weighted by atomic mass is 10.2. The van der Waals surface area contributed by atoms with Gasteiger partial charge in [-0.25, -0.2) is 4.98 Å². The van der Waals surface area contributed by atoms with Crippen LogP contribution < -0.4 is 5.56 Å². The Labute approximate surface area is 112 Å². The molecular formula is C12H13BrN2OS. The molecule has 90 valence electrons. The fourth-order valence-electron chi connectivity index (χ4n) is 1.69. The molecule has 0 aliphatic heterocycles. The predicted octanol–water partition coefficient (Wildman–Crippen LogP) is 2.91. The zero-order chi connectivity index (χ0) is 12.3. The van der Waals surface area contributed by atoms with Crippen LogP contribution in [0.3, 0.4) is 0 Å². The first-order valence-electron chi connectivity index (χ1n) is 5.36. The Kier molecular flexibility index (Phi) is 4.23. The summed E-state index contributed by atoms with van der Waals surface area (Å²) in [4.78, 5) is 16.5. The molecule has 0 fully saturated rings. The van der Waals surface area contributed by atoms with E-state index in [1.165, 1.54) is 0 Å². The molecule has 1 heterocycles. The molecule has 0 unspecified atom stereocenters. The molecule has 0 aliphatic carbocycles. The number of halogens is 1. The summed E-state index contributed by atoms with van der Waals surface area (Å²) in [6.45, 7) is 0.731. The van der Waals surface area contributed by atoms with Crippen molar-refractivity contribution in [3.63, 3.8) is 0 Å². The van der Waals surface area contributed by atoms with Crippen molar-refractivity contribution >= 4 is 38.6 Å². The SMILES string of the molecule is CSCCCn1cnc2c(Br)cccc2c1=O. The van der Waals surface area contributed by atoms with Gasteiger partial charge in [0.05, 0.1) is 17.2 Å². The van der Waals surface area contributed by atoms with E-state index in [2.05, 4.69) is 27.2 Å². The van der Waals surface area contributed by atoms with Gasteiger partial charge in [-0.2, -0.15) is 11.8 Å². The Morgan fingerprint density at radius 3 is 3.06 bits per heavy atom. The Balaban J connectivity index is 2.41. The third-order valence-corrected chi connectivity index (χ3v) is 3.89. The molecule has 0 bridgehead atoms. The highest BCUT2D eigenvalue weighted by atomic mass is 79.9. The zero-order valence-corrected chi connectivity index (χ0v) is 11.9. The molecule has 0 saturated carbocycles. The molecule has 0 saturated heterocycles. The second-order valence-corrected chi connectivity index (χ2v) is 5.57. The van der Waals surface area contributed by atoms with Crippen molar-refractivity contribution in [3.05, 3.63) is 39.4 Å². The predicted molar refractivity (Wildman–Crippen MR) is 76.7 cm³/mol. The van der Waals surface area contributed by atoms with Gasteiger partial charge in [-0.05, 0) is 46.5 Å². The van der Waals surface area contributed by atoms with Gasteiger partial charge >= 0.3 is 0 Å². The molecule has 5 heteroatoms. The van der Waals surface area contributed by atoms with Crippen LogP contribution in [0.5, 0.6) is 0 Å².